The van der Waals surface area contributed by atoms with Crippen LogP contribution in [0.25, 0.3) is 22.0 Å². The van der Waals surface area contributed by atoms with Crippen molar-refractivity contribution < 1.29 is 17.2 Å². The number of nitrogens with zero attached hydrogens (tertiary/aromatic N) is 2. The number of benzene rings is 3. The van der Waals surface area contributed by atoms with Crippen molar-refractivity contribution in [2.45, 2.75) is 9.92 Å². The Balaban J connectivity index is 2.00. The van der Waals surface area contributed by atoms with E-state index in [2.05, 4.69) is 4.98 Å². The van der Waals surface area contributed by atoms with Gasteiger partial charge in [-0.3, -0.25) is 0 Å². The van der Waals surface area contributed by atoms with Crippen LogP contribution in [0.5, 0.6) is 0 Å². The van der Waals surface area contributed by atoms with E-state index in [0.717, 1.165) is 6.07 Å². The summed E-state index contributed by atoms with van der Waals surface area (Å²) in [4.78, 5) is 4.07. The first kappa shape index (κ1) is 18.7. The van der Waals surface area contributed by atoms with Crippen molar-refractivity contribution in [1.82, 2.24) is 4.98 Å². The largest absolute Gasteiger partial charge is 0.236 e. The Kier molecular flexibility index (Phi) is 4.57. The average molecular weight is 406 g/mol. The van der Waals surface area contributed by atoms with Crippen molar-refractivity contribution in [3.63, 3.8) is 0 Å². The van der Waals surface area contributed by atoms with Gasteiger partial charge in [0.25, 0.3) is 0 Å². The minimum absolute atomic E-state index is 0.0927. The van der Waals surface area contributed by atoms with Crippen molar-refractivity contribution >= 4 is 20.7 Å². The number of aromatic nitrogens is 1. The molecule has 0 unspecified atom stereocenters. The normalized spacial score (nSPS) is 11.3. The molecule has 3 aromatic carbocycles. The molecule has 4 nitrogen and oxygen atoms in total. The summed E-state index contributed by atoms with van der Waals surface area (Å²) >= 11 is 0. The van der Waals surface area contributed by atoms with Gasteiger partial charge in [0.05, 0.1) is 22.0 Å². The summed E-state index contributed by atoms with van der Waals surface area (Å²) in [6.07, 6.45) is 0. The molecule has 1 heterocycles. The highest BCUT2D eigenvalue weighted by molar-refractivity contribution is 7.91. The first-order chi connectivity index (χ1) is 13.9. The Morgan fingerprint density at radius 2 is 1.59 bits per heavy atom. The van der Waals surface area contributed by atoms with Crippen LogP contribution >= 0.6 is 0 Å². The molecule has 7 heteroatoms. The monoisotopic (exact) mass is 406 g/mol. The van der Waals surface area contributed by atoms with E-state index < -0.39 is 21.5 Å². The molecule has 0 aliphatic rings. The van der Waals surface area contributed by atoms with E-state index in [0.29, 0.717) is 16.5 Å². The van der Waals surface area contributed by atoms with E-state index in [-0.39, 0.29) is 21.0 Å². The molecule has 0 bridgehead atoms. The lowest BCUT2D eigenvalue weighted by Gasteiger charge is -2.11. The number of hydrogen-bond donors (Lipinski definition) is 0. The Bertz CT molecular complexity index is 1390. The molecule has 29 heavy (non-hydrogen) atoms. The van der Waals surface area contributed by atoms with Gasteiger partial charge in [0.1, 0.15) is 11.6 Å². The molecule has 0 aliphatic heterocycles. The quantitative estimate of drug-likeness (QED) is 0.486. The van der Waals surface area contributed by atoms with E-state index >= 15 is 0 Å². The van der Waals surface area contributed by atoms with Crippen LogP contribution in [0.4, 0.5) is 8.78 Å². The zero-order chi connectivity index (χ0) is 20.6. The molecule has 0 fully saturated rings. The van der Waals surface area contributed by atoms with Crippen molar-refractivity contribution in [1.29, 1.82) is 5.26 Å². The smallest absolute Gasteiger partial charge is 0.223 e. The number of halogens is 2. The molecule has 0 saturated heterocycles. The van der Waals surface area contributed by atoms with Gasteiger partial charge in [-0.25, -0.2) is 22.2 Å². The van der Waals surface area contributed by atoms with Crippen molar-refractivity contribution in [3.8, 4) is 17.2 Å². The molecule has 0 atom stereocenters. The second kappa shape index (κ2) is 7.08. The zero-order valence-corrected chi connectivity index (χ0v) is 15.6. The van der Waals surface area contributed by atoms with Crippen molar-refractivity contribution in [3.05, 3.63) is 90.0 Å². The molecule has 4 rings (SSSR count). The summed E-state index contributed by atoms with van der Waals surface area (Å²) < 4.78 is 53.4. The van der Waals surface area contributed by atoms with Gasteiger partial charge in [-0.1, -0.05) is 18.2 Å². The van der Waals surface area contributed by atoms with Gasteiger partial charge in [-0.05, 0) is 59.7 Å². The number of sulfone groups is 1. The molecule has 0 aliphatic carbocycles. The van der Waals surface area contributed by atoms with Crippen LogP contribution in [0, 0.1) is 23.0 Å². The average Bonchev–Trinajstić information content (AvgIpc) is 2.73. The molecular formula is C22H12F2N2O2S. The lowest BCUT2D eigenvalue weighted by molar-refractivity contribution is 0.592. The fourth-order valence-corrected chi connectivity index (χ4v) is 4.31. The van der Waals surface area contributed by atoms with Crippen LogP contribution in [-0.2, 0) is 9.84 Å². The third-order valence-electron chi connectivity index (χ3n) is 4.45. The maximum Gasteiger partial charge on any atom is 0.223 e. The van der Waals surface area contributed by atoms with Crippen LogP contribution in [0.2, 0.25) is 0 Å². The van der Waals surface area contributed by atoms with E-state index in [9.17, 15) is 17.2 Å². The minimum atomic E-state index is -4.07. The summed E-state index contributed by atoms with van der Waals surface area (Å²) in [7, 11) is -4.07. The fourth-order valence-electron chi connectivity index (χ4n) is 3.04. The van der Waals surface area contributed by atoms with Gasteiger partial charge in [-0.15, -0.1) is 0 Å². The summed E-state index contributed by atoms with van der Waals surface area (Å²) in [5.74, 6) is -0.990. The molecular weight excluding hydrogens is 394 g/mol. The third-order valence-corrected chi connectivity index (χ3v) is 6.09. The molecule has 0 amide bonds. The summed E-state index contributed by atoms with van der Waals surface area (Å²) in [5, 5.41) is 9.30. The standard InChI is InChI=1S/C22H12F2N2O2S/c23-16-6-4-15(5-7-16)20-12-22(26-21-11-17(24)8-9-19(20)21)29(27,28)18-3-1-2-14(10-18)13-25/h1-12H. The maximum atomic E-state index is 13.8. The number of rotatable bonds is 3. The number of nitriles is 1. The van der Waals surface area contributed by atoms with Gasteiger partial charge in [0.2, 0.25) is 9.84 Å². The van der Waals surface area contributed by atoms with Gasteiger partial charge < -0.3 is 0 Å². The molecule has 0 radical (unpaired) electrons. The van der Waals surface area contributed by atoms with E-state index in [1.54, 1.807) is 0 Å². The SMILES string of the molecule is N#Cc1cccc(S(=O)(=O)c2cc(-c3ccc(F)cc3)c3ccc(F)cc3n2)c1. The highest BCUT2D eigenvalue weighted by Crippen LogP contribution is 2.32. The van der Waals surface area contributed by atoms with Gasteiger partial charge in [0, 0.05) is 11.5 Å². The van der Waals surface area contributed by atoms with Gasteiger partial charge in [-0.2, -0.15) is 5.26 Å². The minimum Gasteiger partial charge on any atom is -0.236 e. The number of hydrogen-bond acceptors (Lipinski definition) is 4. The second-order valence-corrected chi connectivity index (χ2v) is 8.22. The lowest BCUT2D eigenvalue weighted by atomic mass is 10.0. The molecule has 4 aromatic rings. The molecule has 1 aromatic heterocycles. The number of pyridine rings is 1. The van der Waals surface area contributed by atoms with Crippen molar-refractivity contribution in [2.24, 2.45) is 0 Å². The first-order valence-corrected chi connectivity index (χ1v) is 9.98. The van der Waals surface area contributed by atoms with Crippen LogP contribution in [0.1, 0.15) is 5.56 Å². The van der Waals surface area contributed by atoms with Crippen molar-refractivity contribution in [2.75, 3.05) is 0 Å². The highest BCUT2D eigenvalue weighted by Gasteiger charge is 2.22. The Labute approximate surface area is 165 Å². The van der Waals surface area contributed by atoms with Crippen LogP contribution < -0.4 is 0 Å². The maximum absolute atomic E-state index is 13.8. The van der Waals surface area contributed by atoms with Crippen LogP contribution in [0.15, 0.2) is 82.7 Å². The topological polar surface area (TPSA) is 70.8 Å². The first-order valence-electron chi connectivity index (χ1n) is 8.50. The second-order valence-electron chi connectivity index (χ2n) is 6.32. The van der Waals surface area contributed by atoms with Crippen LogP contribution in [-0.4, -0.2) is 13.4 Å². The summed E-state index contributed by atoms with van der Waals surface area (Å²) in [6, 6.07) is 18.3. The lowest BCUT2D eigenvalue weighted by Crippen LogP contribution is -2.06. The molecule has 0 spiro atoms. The van der Waals surface area contributed by atoms with E-state index in [4.69, 9.17) is 5.26 Å². The molecule has 142 valence electrons. The number of fused-ring (bicyclic) bond motifs is 1. The predicted molar refractivity (Wildman–Crippen MR) is 104 cm³/mol. The Morgan fingerprint density at radius 3 is 2.31 bits per heavy atom. The summed E-state index contributed by atoms with van der Waals surface area (Å²) in [5.41, 5.74) is 1.39. The highest BCUT2D eigenvalue weighted by atomic mass is 32.2. The van der Waals surface area contributed by atoms with E-state index in [1.165, 1.54) is 66.7 Å². The molecule has 0 saturated carbocycles. The zero-order valence-electron chi connectivity index (χ0n) is 14.8. The Hall–Kier alpha value is -3.63. The summed E-state index contributed by atoms with van der Waals surface area (Å²) in [6.45, 7) is 0. The molecule has 0 N–H and O–H groups in total. The predicted octanol–water partition coefficient (Wildman–Crippen LogP) is 4.88. The van der Waals surface area contributed by atoms with Gasteiger partial charge in [0.15, 0.2) is 5.03 Å². The fraction of sp³-hybridized carbons (Fsp3) is 0. The van der Waals surface area contributed by atoms with Crippen LogP contribution in [0.3, 0.4) is 0 Å². The van der Waals surface area contributed by atoms with E-state index in [1.807, 2.05) is 6.07 Å². The third kappa shape index (κ3) is 3.46. The van der Waals surface area contributed by atoms with Gasteiger partial charge >= 0.3 is 0 Å². The Morgan fingerprint density at radius 1 is 0.862 bits per heavy atom.